The van der Waals surface area contributed by atoms with Gasteiger partial charge in [0.1, 0.15) is 0 Å². The zero-order valence-electron chi connectivity index (χ0n) is 6.09. The van der Waals surface area contributed by atoms with Crippen molar-refractivity contribution in [3.05, 3.63) is 24.4 Å². The predicted octanol–water partition coefficient (Wildman–Crippen LogP) is 2.56. The van der Waals surface area contributed by atoms with Crippen molar-refractivity contribution in [2.75, 3.05) is 0 Å². The molecule has 0 N–H and O–H groups in total. The van der Waals surface area contributed by atoms with E-state index in [0.29, 0.717) is 0 Å². The summed E-state index contributed by atoms with van der Waals surface area (Å²) in [7, 11) is 0. The summed E-state index contributed by atoms with van der Waals surface area (Å²) in [5.41, 5.74) is 0.819. The van der Waals surface area contributed by atoms with Crippen molar-refractivity contribution < 1.29 is 0 Å². The first-order valence-electron chi connectivity index (χ1n) is 3.15. The molecule has 0 fully saturated rings. The Labute approximate surface area is 56.8 Å². The number of nitrogens with zero attached hydrogens (tertiary/aromatic N) is 1. The van der Waals surface area contributed by atoms with Crippen LogP contribution in [-0.2, 0) is 0 Å². The van der Waals surface area contributed by atoms with Crippen molar-refractivity contribution in [1.82, 2.24) is 0 Å². The Hall–Kier alpha value is -0.850. The lowest BCUT2D eigenvalue weighted by Gasteiger charge is -1.84. The molecule has 0 aliphatic rings. The van der Waals surface area contributed by atoms with Crippen LogP contribution in [0.2, 0.25) is 0 Å². The number of allylic oxidation sites excluding steroid dienone is 2. The third-order valence-corrected chi connectivity index (χ3v) is 0.841. The van der Waals surface area contributed by atoms with Crippen molar-refractivity contribution in [3.63, 3.8) is 0 Å². The van der Waals surface area contributed by atoms with Crippen molar-refractivity contribution in [3.8, 4) is 0 Å². The quantitative estimate of drug-likeness (QED) is 0.404. The average molecular weight is 123 g/mol. The fourth-order valence-electron chi connectivity index (χ4n) is 0.463. The lowest BCUT2D eigenvalue weighted by Crippen LogP contribution is -1.67. The van der Waals surface area contributed by atoms with Gasteiger partial charge in [-0.2, -0.15) is 0 Å². The van der Waals surface area contributed by atoms with E-state index in [4.69, 9.17) is 0 Å². The van der Waals surface area contributed by atoms with Crippen molar-refractivity contribution in [1.29, 1.82) is 0 Å². The van der Waals surface area contributed by atoms with Gasteiger partial charge < -0.3 is 0 Å². The molecule has 0 spiro atoms. The highest BCUT2D eigenvalue weighted by Crippen LogP contribution is 1.93. The average Bonchev–Trinajstić information content (AvgIpc) is 1.85. The van der Waals surface area contributed by atoms with Gasteiger partial charge in [0, 0.05) is 6.21 Å². The van der Waals surface area contributed by atoms with E-state index in [0.717, 1.165) is 12.1 Å². The monoisotopic (exact) mass is 123 g/mol. The maximum Gasteiger partial charge on any atom is 0.0550 e. The molecule has 0 amide bonds. The summed E-state index contributed by atoms with van der Waals surface area (Å²) in [4.78, 5) is 3.96. The van der Waals surface area contributed by atoms with Gasteiger partial charge in [-0.15, -0.1) is 0 Å². The van der Waals surface area contributed by atoms with Gasteiger partial charge in [-0.3, -0.25) is 4.99 Å². The van der Waals surface area contributed by atoms with Gasteiger partial charge in [-0.25, -0.2) is 0 Å². The highest BCUT2D eigenvalue weighted by Gasteiger charge is 1.75. The predicted molar refractivity (Wildman–Crippen MR) is 42.7 cm³/mol. The zero-order chi connectivity index (χ0) is 7.11. The third kappa shape index (κ3) is 5.01. The first-order chi connectivity index (χ1) is 4.31. The minimum Gasteiger partial charge on any atom is -0.262 e. The molecule has 0 aliphatic heterocycles. The van der Waals surface area contributed by atoms with E-state index in [2.05, 4.69) is 18.5 Å². The molecular weight excluding hydrogens is 110 g/mol. The Morgan fingerprint density at radius 1 is 1.67 bits per heavy atom. The molecule has 0 radical (unpaired) electrons. The molecule has 0 heterocycles. The second-order valence-electron chi connectivity index (χ2n) is 1.69. The summed E-state index contributed by atoms with van der Waals surface area (Å²) >= 11 is 0. The number of rotatable bonds is 3. The molecule has 0 rings (SSSR count). The van der Waals surface area contributed by atoms with Gasteiger partial charge in [0.25, 0.3) is 0 Å². The normalized spacial score (nSPS) is 11.3. The molecule has 50 valence electrons. The molecule has 1 nitrogen and oxygen atoms in total. The molecule has 1 heteroatoms. The largest absolute Gasteiger partial charge is 0.262 e. The van der Waals surface area contributed by atoms with Crippen LogP contribution in [0, 0.1) is 0 Å². The van der Waals surface area contributed by atoms with Crippen LogP contribution in [0.5, 0.6) is 0 Å². The molecule has 9 heavy (non-hydrogen) atoms. The SMILES string of the molecule is C=C(/C=C/CC)N=CC. The lowest BCUT2D eigenvalue weighted by molar-refractivity contribution is 1.21. The van der Waals surface area contributed by atoms with Crippen LogP contribution >= 0.6 is 0 Å². The molecule has 0 aromatic heterocycles. The maximum atomic E-state index is 3.96. The second kappa shape index (κ2) is 5.29. The zero-order valence-corrected chi connectivity index (χ0v) is 6.09. The first-order valence-corrected chi connectivity index (χ1v) is 3.15. The Bertz CT molecular complexity index is 132. The van der Waals surface area contributed by atoms with Crippen molar-refractivity contribution in [2.24, 2.45) is 4.99 Å². The van der Waals surface area contributed by atoms with Crippen LogP contribution in [0.15, 0.2) is 29.4 Å². The Balaban J connectivity index is 3.63. The Morgan fingerprint density at radius 2 is 2.33 bits per heavy atom. The Morgan fingerprint density at radius 3 is 2.78 bits per heavy atom. The molecule has 0 saturated heterocycles. The number of hydrogen-bond donors (Lipinski definition) is 0. The topological polar surface area (TPSA) is 12.4 Å². The van der Waals surface area contributed by atoms with Crippen molar-refractivity contribution in [2.45, 2.75) is 20.3 Å². The fourth-order valence-corrected chi connectivity index (χ4v) is 0.463. The van der Waals surface area contributed by atoms with E-state index in [1.54, 1.807) is 6.21 Å². The summed E-state index contributed by atoms with van der Waals surface area (Å²) in [6.45, 7) is 7.66. The molecule has 0 bridgehead atoms. The van der Waals surface area contributed by atoms with E-state index in [1.807, 2.05) is 19.1 Å². The minimum atomic E-state index is 0.819. The van der Waals surface area contributed by atoms with Crippen LogP contribution in [0.4, 0.5) is 0 Å². The van der Waals surface area contributed by atoms with Gasteiger partial charge in [0.2, 0.25) is 0 Å². The first kappa shape index (κ1) is 8.15. The molecule has 0 unspecified atom stereocenters. The summed E-state index contributed by atoms with van der Waals surface area (Å²) in [5, 5.41) is 0. The molecular formula is C8H13N. The highest BCUT2D eigenvalue weighted by atomic mass is 14.7. The van der Waals surface area contributed by atoms with Crippen LogP contribution < -0.4 is 0 Å². The van der Waals surface area contributed by atoms with Gasteiger partial charge in [-0.05, 0) is 19.4 Å². The van der Waals surface area contributed by atoms with E-state index in [1.165, 1.54) is 0 Å². The lowest BCUT2D eigenvalue weighted by atomic mass is 10.4. The van der Waals surface area contributed by atoms with Crippen LogP contribution in [-0.4, -0.2) is 6.21 Å². The van der Waals surface area contributed by atoms with Crippen LogP contribution in [0.25, 0.3) is 0 Å². The van der Waals surface area contributed by atoms with E-state index < -0.39 is 0 Å². The molecule has 0 aromatic carbocycles. The summed E-state index contributed by atoms with van der Waals surface area (Å²) < 4.78 is 0. The van der Waals surface area contributed by atoms with Crippen LogP contribution in [0.3, 0.4) is 0 Å². The summed E-state index contributed by atoms with van der Waals surface area (Å²) in [6.07, 6.45) is 6.73. The smallest absolute Gasteiger partial charge is 0.0550 e. The summed E-state index contributed by atoms with van der Waals surface area (Å²) in [6, 6.07) is 0. The number of hydrogen-bond acceptors (Lipinski definition) is 1. The molecule has 0 atom stereocenters. The van der Waals surface area contributed by atoms with Gasteiger partial charge in [0.15, 0.2) is 0 Å². The van der Waals surface area contributed by atoms with Crippen molar-refractivity contribution >= 4 is 6.21 Å². The Kier molecular flexibility index (Phi) is 4.79. The van der Waals surface area contributed by atoms with Gasteiger partial charge in [0.05, 0.1) is 5.70 Å². The third-order valence-electron chi connectivity index (χ3n) is 0.841. The van der Waals surface area contributed by atoms with E-state index in [-0.39, 0.29) is 0 Å². The van der Waals surface area contributed by atoms with Crippen LogP contribution in [0.1, 0.15) is 20.3 Å². The second-order valence-corrected chi connectivity index (χ2v) is 1.69. The number of aliphatic imine (C=N–C) groups is 1. The maximum absolute atomic E-state index is 3.96. The van der Waals surface area contributed by atoms with E-state index in [9.17, 15) is 0 Å². The highest BCUT2D eigenvalue weighted by molar-refractivity contribution is 5.55. The minimum absolute atomic E-state index is 0.819. The molecule has 0 saturated carbocycles. The van der Waals surface area contributed by atoms with Gasteiger partial charge >= 0.3 is 0 Å². The standard InChI is InChI=1S/C8H13N/c1-4-6-7-8(3)9-5-2/h5-7H,3-4H2,1-2H3/b7-6+,9-5?. The molecule has 0 aromatic rings. The van der Waals surface area contributed by atoms with Gasteiger partial charge in [-0.1, -0.05) is 19.6 Å². The summed E-state index contributed by atoms with van der Waals surface area (Å²) in [5.74, 6) is 0. The molecule has 0 aliphatic carbocycles. The fraction of sp³-hybridized carbons (Fsp3) is 0.375. The van der Waals surface area contributed by atoms with E-state index >= 15 is 0 Å².